The quantitative estimate of drug-likeness (QED) is 0.364. The van der Waals surface area contributed by atoms with Gasteiger partial charge in [-0.05, 0) is 30.6 Å². The molecule has 1 aliphatic carbocycles. The van der Waals surface area contributed by atoms with Crippen LogP contribution in [0.5, 0.6) is 0 Å². The van der Waals surface area contributed by atoms with Crippen LogP contribution in [0.3, 0.4) is 0 Å². The number of carbonyl (C=O) groups excluding carboxylic acids is 1. The Morgan fingerprint density at radius 1 is 1.04 bits per heavy atom. The Balaban J connectivity index is 0.00000261. The van der Waals surface area contributed by atoms with E-state index in [4.69, 9.17) is 0 Å². The third-order valence-corrected chi connectivity index (χ3v) is 6.00. The van der Waals surface area contributed by atoms with Gasteiger partial charge < -0.3 is 15.1 Å². The van der Waals surface area contributed by atoms with Gasteiger partial charge in [0.15, 0.2) is 5.96 Å². The normalized spacial score (nSPS) is 27.3. The molecule has 7 heteroatoms. The highest BCUT2D eigenvalue weighted by atomic mass is 127. The van der Waals surface area contributed by atoms with E-state index in [9.17, 15) is 4.79 Å². The maximum Gasteiger partial charge on any atom is 0.236 e. The molecule has 2 atom stereocenters. The highest BCUT2D eigenvalue weighted by Crippen LogP contribution is 2.31. The minimum Gasteiger partial charge on any atom is -0.356 e. The van der Waals surface area contributed by atoms with Crippen molar-refractivity contribution >= 4 is 35.8 Å². The summed E-state index contributed by atoms with van der Waals surface area (Å²) in [5.74, 6) is 3.54. The van der Waals surface area contributed by atoms with Crippen molar-refractivity contribution in [1.29, 1.82) is 0 Å². The smallest absolute Gasteiger partial charge is 0.236 e. The number of nitrogens with zero attached hydrogens (tertiary/aromatic N) is 4. The first-order chi connectivity index (χ1) is 12.5. The number of amides is 1. The Morgan fingerprint density at radius 3 is 2.22 bits per heavy atom. The standard InChI is InChI=1S/C20H37N5O.HI/c1-16-12-17(2)14-25(13-16)19(26)15-23-8-10-24(11-9-23)20(21-3)22-7-6-18-4-5-18;/h16-18H,4-15H2,1-3H3,(H,21,22);1H. The van der Waals surface area contributed by atoms with Crippen LogP contribution in [0.15, 0.2) is 4.99 Å². The predicted molar refractivity (Wildman–Crippen MR) is 122 cm³/mol. The first kappa shape index (κ1) is 22.7. The van der Waals surface area contributed by atoms with Gasteiger partial charge in [-0.2, -0.15) is 0 Å². The van der Waals surface area contributed by atoms with Crippen LogP contribution in [0, 0.1) is 17.8 Å². The molecule has 1 amide bonds. The van der Waals surface area contributed by atoms with Crippen LogP contribution in [-0.2, 0) is 4.79 Å². The molecule has 2 unspecified atom stereocenters. The van der Waals surface area contributed by atoms with Gasteiger partial charge in [0, 0.05) is 52.9 Å². The van der Waals surface area contributed by atoms with Crippen LogP contribution in [0.25, 0.3) is 0 Å². The first-order valence-electron chi connectivity index (χ1n) is 10.5. The number of carbonyl (C=O) groups is 1. The number of aliphatic imine (C=N–C) groups is 1. The van der Waals surface area contributed by atoms with E-state index in [2.05, 4.69) is 38.9 Å². The van der Waals surface area contributed by atoms with E-state index in [-0.39, 0.29) is 24.0 Å². The second-order valence-corrected chi connectivity index (χ2v) is 8.71. The topological polar surface area (TPSA) is 51.2 Å². The molecular weight excluding hydrogens is 453 g/mol. The van der Waals surface area contributed by atoms with Crippen molar-refractivity contribution in [3.05, 3.63) is 0 Å². The lowest BCUT2D eigenvalue weighted by atomic mass is 9.92. The molecule has 2 aliphatic heterocycles. The molecular formula is C20H38IN5O. The minimum absolute atomic E-state index is 0. The summed E-state index contributed by atoms with van der Waals surface area (Å²) in [5.41, 5.74) is 0. The average molecular weight is 491 g/mol. The maximum absolute atomic E-state index is 12.7. The van der Waals surface area contributed by atoms with Gasteiger partial charge in [-0.3, -0.25) is 14.7 Å². The monoisotopic (exact) mass is 491 g/mol. The average Bonchev–Trinajstić information content (AvgIpc) is 3.43. The number of rotatable bonds is 5. The van der Waals surface area contributed by atoms with Crippen molar-refractivity contribution in [2.45, 2.75) is 39.5 Å². The lowest BCUT2D eigenvalue weighted by molar-refractivity contribution is -0.135. The lowest BCUT2D eigenvalue weighted by Gasteiger charge is -2.39. The van der Waals surface area contributed by atoms with Gasteiger partial charge in [-0.1, -0.05) is 26.7 Å². The molecule has 0 aromatic heterocycles. The number of guanidine groups is 1. The Hall–Kier alpha value is -0.570. The van der Waals surface area contributed by atoms with Gasteiger partial charge in [0.05, 0.1) is 6.54 Å². The summed E-state index contributed by atoms with van der Waals surface area (Å²) in [6.07, 6.45) is 5.32. The van der Waals surface area contributed by atoms with Crippen LogP contribution in [0.2, 0.25) is 0 Å². The van der Waals surface area contributed by atoms with Crippen molar-refractivity contribution in [2.24, 2.45) is 22.7 Å². The molecule has 3 aliphatic rings. The fourth-order valence-electron chi connectivity index (χ4n) is 4.40. The summed E-state index contributed by atoms with van der Waals surface area (Å²) in [6, 6.07) is 0. The van der Waals surface area contributed by atoms with Gasteiger partial charge in [-0.25, -0.2) is 0 Å². The molecule has 3 fully saturated rings. The first-order valence-corrected chi connectivity index (χ1v) is 10.5. The van der Waals surface area contributed by atoms with Crippen molar-refractivity contribution < 1.29 is 4.79 Å². The van der Waals surface area contributed by atoms with E-state index in [0.717, 1.165) is 57.7 Å². The van der Waals surface area contributed by atoms with Crippen molar-refractivity contribution in [3.8, 4) is 0 Å². The molecule has 27 heavy (non-hydrogen) atoms. The lowest BCUT2D eigenvalue weighted by Crippen LogP contribution is -2.55. The molecule has 0 aromatic rings. The minimum atomic E-state index is 0. The van der Waals surface area contributed by atoms with Gasteiger partial charge in [0.25, 0.3) is 0 Å². The largest absolute Gasteiger partial charge is 0.356 e. The second-order valence-electron chi connectivity index (χ2n) is 8.71. The van der Waals surface area contributed by atoms with Gasteiger partial charge in [0.1, 0.15) is 0 Å². The highest BCUT2D eigenvalue weighted by Gasteiger charge is 2.28. The predicted octanol–water partition coefficient (Wildman–Crippen LogP) is 2.10. The molecule has 156 valence electrons. The van der Waals surface area contributed by atoms with E-state index in [1.807, 2.05) is 7.05 Å². The van der Waals surface area contributed by atoms with Crippen molar-refractivity contribution in [1.82, 2.24) is 20.0 Å². The highest BCUT2D eigenvalue weighted by molar-refractivity contribution is 14.0. The number of hydrogen-bond donors (Lipinski definition) is 1. The van der Waals surface area contributed by atoms with E-state index in [0.29, 0.717) is 24.3 Å². The Kier molecular flexibility index (Phi) is 9.11. The second kappa shape index (κ2) is 10.8. The van der Waals surface area contributed by atoms with E-state index < -0.39 is 0 Å². The molecule has 0 aromatic carbocycles. The molecule has 1 saturated carbocycles. The van der Waals surface area contributed by atoms with Crippen LogP contribution >= 0.6 is 24.0 Å². The number of likely N-dealkylation sites (tertiary alicyclic amines) is 1. The molecule has 0 spiro atoms. The SMILES string of the molecule is CN=C(NCCC1CC1)N1CCN(CC(=O)N2CC(C)CC(C)C2)CC1.I. The molecule has 0 radical (unpaired) electrons. The van der Waals surface area contributed by atoms with Crippen LogP contribution in [0.1, 0.15) is 39.5 Å². The van der Waals surface area contributed by atoms with Gasteiger partial charge in [-0.15, -0.1) is 24.0 Å². The maximum atomic E-state index is 12.7. The Morgan fingerprint density at radius 2 is 1.67 bits per heavy atom. The molecule has 3 rings (SSSR count). The summed E-state index contributed by atoms with van der Waals surface area (Å²) >= 11 is 0. The van der Waals surface area contributed by atoms with E-state index in [1.54, 1.807) is 0 Å². The summed E-state index contributed by atoms with van der Waals surface area (Å²) in [4.78, 5) is 23.8. The zero-order chi connectivity index (χ0) is 18.5. The summed E-state index contributed by atoms with van der Waals surface area (Å²) in [7, 11) is 1.87. The number of hydrogen-bond acceptors (Lipinski definition) is 3. The zero-order valence-electron chi connectivity index (χ0n) is 17.3. The number of piperazine rings is 1. The van der Waals surface area contributed by atoms with Gasteiger partial charge >= 0.3 is 0 Å². The Labute approximate surface area is 182 Å². The molecule has 1 N–H and O–H groups in total. The van der Waals surface area contributed by atoms with E-state index >= 15 is 0 Å². The molecule has 2 heterocycles. The summed E-state index contributed by atoms with van der Waals surface area (Å²) in [6.45, 7) is 11.8. The number of piperidine rings is 1. The zero-order valence-corrected chi connectivity index (χ0v) is 19.7. The fraction of sp³-hybridized carbons (Fsp3) is 0.900. The molecule has 0 bridgehead atoms. The fourth-order valence-corrected chi connectivity index (χ4v) is 4.40. The Bertz CT molecular complexity index is 493. The summed E-state index contributed by atoms with van der Waals surface area (Å²) < 4.78 is 0. The van der Waals surface area contributed by atoms with Crippen LogP contribution in [-0.4, -0.2) is 86.0 Å². The number of halogens is 1. The van der Waals surface area contributed by atoms with Crippen LogP contribution in [0.4, 0.5) is 0 Å². The van der Waals surface area contributed by atoms with Crippen LogP contribution < -0.4 is 5.32 Å². The van der Waals surface area contributed by atoms with E-state index in [1.165, 1.54) is 25.7 Å². The van der Waals surface area contributed by atoms with Crippen molar-refractivity contribution in [3.63, 3.8) is 0 Å². The third kappa shape index (κ3) is 7.07. The van der Waals surface area contributed by atoms with Crippen molar-refractivity contribution in [2.75, 3.05) is 59.4 Å². The number of nitrogens with one attached hydrogen (secondary N) is 1. The molecule has 6 nitrogen and oxygen atoms in total. The van der Waals surface area contributed by atoms with Gasteiger partial charge in [0.2, 0.25) is 5.91 Å². The summed E-state index contributed by atoms with van der Waals surface area (Å²) in [5, 5.41) is 3.51. The molecule has 2 saturated heterocycles. The third-order valence-electron chi connectivity index (χ3n) is 6.00.